The summed E-state index contributed by atoms with van der Waals surface area (Å²) in [6.45, 7) is 5.64. The second-order valence-electron chi connectivity index (χ2n) is 5.71. The van der Waals surface area contributed by atoms with Crippen LogP contribution in [-0.4, -0.2) is 31.2 Å². The van der Waals surface area contributed by atoms with E-state index in [1.807, 2.05) is 0 Å². The van der Waals surface area contributed by atoms with Crippen LogP contribution in [0.4, 0.5) is 4.39 Å². The van der Waals surface area contributed by atoms with Gasteiger partial charge in [0.15, 0.2) is 0 Å². The van der Waals surface area contributed by atoms with Crippen molar-refractivity contribution in [3.05, 3.63) is 29.6 Å². The first kappa shape index (κ1) is 13.3. The lowest BCUT2D eigenvalue weighted by molar-refractivity contribution is -0.946. The minimum Gasteiger partial charge on any atom is -0.496 e. The van der Waals surface area contributed by atoms with Crippen molar-refractivity contribution < 1.29 is 13.6 Å². The molecule has 1 aliphatic rings. The highest BCUT2D eigenvalue weighted by molar-refractivity contribution is 5.36. The van der Waals surface area contributed by atoms with Crippen LogP contribution < -0.4 is 4.74 Å². The number of quaternary nitrogens is 1. The van der Waals surface area contributed by atoms with Gasteiger partial charge in [0.05, 0.1) is 32.3 Å². The van der Waals surface area contributed by atoms with Crippen molar-refractivity contribution in [1.82, 2.24) is 0 Å². The number of hydrogen-bond donors (Lipinski definition) is 0. The van der Waals surface area contributed by atoms with Crippen LogP contribution in [-0.2, 0) is 0 Å². The summed E-state index contributed by atoms with van der Waals surface area (Å²) in [5.74, 6) is 0.640. The molecule has 2 unspecified atom stereocenters. The lowest BCUT2D eigenvalue weighted by atomic mass is 10.0. The Morgan fingerprint density at radius 3 is 2.72 bits per heavy atom. The standard InChI is InChI=1S/C15H23FNO/c1-11(2)17(3)9-5-6-14(17)13-10-12(16)7-8-15(13)18-4/h7-8,10-11,14H,5-6,9H2,1-4H3/q+1. The first-order valence-electron chi connectivity index (χ1n) is 6.67. The smallest absolute Gasteiger partial charge is 0.128 e. The number of nitrogens with zero attached hydrogens (tertiary/aromatic N) is 1. The predicted octanol–water partition coefficient (Wildman–Crippen LogP) is 3.52. The molecule has 0 bridgehead atoms. The molecule has 1 heterocycles. The molecule has 0 N–H and O–H groups in total. The van der Waals surface area contributed by atoms with Gasteiger partial charge in [-0.1, -0.05) is 0 Å². The highest BCUT2D eigenvalue weighted by Crippen LogP contribution is 2.43. The van der Waals surface area contributed by atoms with Crippen molar-refractivity contribution in [2.75, 3.05) is 20.7 Å². The van der Waals surface area contributed by atoms with E-state index in [2.05, 4.69) is 20.9 Å². The summed E-state index contributed by atoms with van der Waals surface area (Å²) in [6, 6.07) is 5.74. The third-order valence-electron chi connectivity index (χ3n) is 4.56. The van der Waals surface area contributed by atoms with E-state index >= 15 is 0 Å². The molecule has 100 valence electrons. The van der Waals surface area contributed by atoms with Crippen LogP contribution in [0.5, 0.6) is 5.75 Å². The lowest BCUT2D eigenvalue weighted by Crippen LogP contribution is -2.48. The van der Waals surface area contributed by atoms with E-state index in [1.54, 1.807) is 19.2 Å². The van der Waals surface area contributed by atoms with Gasteiger partial charge in [-0.2, -0.15) is 0 Å². The fraction of sp³-hybridized carbons (Fsp3) is 0.600. The first-order chi connectivity index (χ1) is 8.49. The Morgan fingerprint density at radius 1 is 1.39 bits per heavy atom. The molecule has 2 atom stereocenters. The van der Waals surface area contributed by atoms with E-state index in [0.717, 1.165) is 28.8 Å². The van der Waals surface area contributed by atoms with E-state index in [0.29, 0.717) is 12.1 Å². The van der Waals surface area contributed by atoms with Crippen molar-refractivity contribution in [1.29, 1.82) is 0 Å². The number of halogens is 1. The fourth-order valence-corrected chi connectivity index (χ4v) is 3.13. The van der Waals surface area contributed by atoms with Gasteiger partial charge in [0.1, 0.15) is 17.6 Å². The van der Waals surface area contributed by atoms with Crippen LogP contribution in [0.1, 0.15) is 38.3 Å². The number of likely N-dealkylation sites (tertiary alicyclic amines) is 1. The predicted molar refractivity (Wildman–Crippen MR) is 71.1 cm³/mol. The maximum Gasteiger partial charge on any atom is 0.128 e. The van der Waals surface area contributed by atoms with Crippen molar-refractivity contribution in [3.63, 3.8) is 0 Å². The highest BCUT2D eigenvalue weighted by Gasteiger charge is 2.42. The van der Waals surface area contributed by atoms with E-state index in [1.165, 1.54) is 12.5 Å². The molecule has 0 aliphatic carbocycles. The topological polar surface area (TPSA) is 9.23 Å². The van der Waals surface area contributed by atoms with Gasteiger partial charge in [0.25, 0.3) is 0 Å². The highest BCUT2D eigenvalue weighted by atomic mass is 19.1. The summed E-state index contributed by atoms with van der Waals surface area (Å²) in [5.41, 5.74) is 1.02. The zero-order valence-electron chi connectivity index (χ0n) is 11.7. The minimum atomic E-state index is -0.173. The Bertz CT molecular complexity index is 433. The molecule has 2 rings (SSSR count). The Kier molecular flexibility index (Phi) is 3.62. The number of rotatable bonds is 3. The largest absolute Gasteiger partial charge is 0.496 e. The monoisotopic (exact) mass is 252 g/mol. The van der Waals surface area contributed by atoms with Gasteiger partial charge in [-0.05, 0) is 32.0 Å². The molecule has 0 amide bonds. The minimum absolute atomic E-state index is 0.173. The van der Waals surface area contributed by atoms with Gasteiger partial charge in [0, 0.05) is 12.8 Å². The van der Waals surface area contributed by atoms with Crippen molar-refractivity contribution in [2.45, 2.75) is 38.8 Å². The van der Waals surface area contributed by atoms with Gasteiger partial charge < -0.3 is 9.22 Å². The second kappa shape index (κ2) is 4.88. The molecule has 1 aliphatic heterocycles. The maximum atomic E-state index is 13.5. The maximum absolute atomic E-state index is 13.5. The normalized spacial score (nSPS) is 27.8. The third kappa shape index (κ3) is 2.12. The summed E-state index contributed by atoms with van der Waals surface area (Å²) >= 11 is 0. The van der Waals surface area contributed by atoms with Gasteiger partial charge in [0.2, 0.25) is 0 Å². The number of ether oxygens (including phenoxy) is 1. The summed E-state index contributed by atoms with van der Waals surface area (Å²) in [6.07, 6.45) is 2.30. The molecule has 1 fully saturated rings. The molecule has 0 spiro atoms. The molecule has 0 saturated carbocycles. The summed E-state index contributed by atoms with van der Waals surface area (Å²) in [7, 11) is 3.93. The summed E-state index contributed by atoms with van der Waals surface area (Å²) in [4.78, 5) is 0. The summed E-state index contributed by atoms with van der Waals surface area (Å²) in [5, 5.41) is 0. The molecule has 1 aromatic carbocycles. The van der Waals surface area contributed by atoms with E-state index in [9.17, 15) is 4.39 Å². The van der Waals surface area contributed by atoms with Crippen molar-refractivity contribution in [3.8, 4) is 5.75 Å². The summed E-state index contributed by atoms with van der Waals surface area (Å²) < 4.78 is 19.9. The SMILES string of the molecule is COc1ccc(F)cc1C1CCC[N+]1(C)C(C)C. The molecule has 1 aromatic rings. The van der Waals surface area contributed by atoms with Crippen LogP contribution >= 0.6 is 0 Å². The number of hydrogen-bond acceptors (Lipinski definition) is 1. The lowest BCUT2D eigenvalue weighted by Gasteiger charge is -2.40. The average Bonchev–Trinajstić information content (AvgIpc) is 2.72. The van der Waals surface area contributed by atoms with Crippen molar-refractivity contribution >= 4 is 0 Å². The van der Waals surface area contributed by atoms with Gasteiger partial charge in [-0.15, -0.1) is 0 Å². The van der Waals surface area contributed by atoms with Crippen LogP contribution in [0.15, 0.2) is 18.2 Å². The molecule has 18 heavy (non-hydrogen) atoms. The van der Waals surface area contributed by atoms with Gasteiger partial charge in [-0.3, -0.25) is 0 Å². The van der Waals surface area contributed by atoms with Crippen molar-refractivity contribution in [2.24, 2.45) is 0 Å². The quantitative estimate of drug-likeness (QED) is 0.748. The van der Waals surface area contributed by atoms with Crippen LogP contribution in [0.25, 0.3) is 0 Å². The Balaban J connectivity index is 2.44. The molecule has 0 radical (unpaired) electrons. The Labute approximate surface area is 109 Å². The zero-order valence-corrected chi connectivity index (χ0v) is 11.7. The van der Waals surface area contributed by atoms with Gasteiger partial charge in [-0.25, -0.2) is 4.39 Å². The first-order valence-corrected chi connectivity index (χ1v) is 6.67. The Morgan fingerprint density at radius 2 is 2.11 bits per heavy atom. The molecular formula is C15H23FNO+. The van der Waals surface area contributed by atoms with Crippen LogP contribution in [0.2, 0.25) is 0 Å². The third-order valence-corrected chi connectivity index (χ3v) is 4.56. The van der Waals surface area contributed by atoms with Crippen LogP contribution in [0.3, 0.4) is 0 Å². The Hall–Kier alpha value is -1.09. The number of benzene rings is 1. The molecular weight excluding hydrogens is 229 g/mol. The molecule has 1 saturated heterocycles. The fourth-order valence-electron chi connectivity index (χ4n) is 3.13. The zero-order chi connectivity index (χ0) is 13.3. The molecule has 3 heteroatoms. The van der Waals surface area contributed by atoms with E-state index in [4.69, 9.17) is 4.74 Å². The van der Waals surface area contributed by atoms with Crippen LogP contribution in [0, 0.1) is 5.82 Å². The molecule has 0 aromatic heterocycles. The van der Waals surface area contributed by atoms with E-state index < -0.39 is 0 Å². The number of methoxy groups -OCH3 is 1. The van der Waals surface area contributed by atoms with E-state index in [-0.39, 0.29) is 5.82 Å². The molecule has 2 nitrogen and oxygen atoms in total. The average molecular weight is 252 g/mol. The van der Waals surface area contributed by atoms with Gasteiger partial charge >= 0.3 is 0 Å². The second-order valence-corrected chi connectivity index (χ2v) is 5.71.